The maximum Gasteiger partial charge on any atom is 0.188 e. The minimum atomic E-state index is 0. The van der Waals surface area contributed by atoms with Crippen LogP contribution in [-0.4, -0.2) is 50.3 Å². The first kappa shape index (κ1) is 21.5. The highest BCUT2D eigenvalue weighted by Gasteiger charge is 2.22. The van der Waals surface area contributed by atoms with Crippen molar-refractivity contribution in [3.8, 4) is 0 Å². The van der Waals surface area contributed by atoms with Crippen LogP contribution in [0.5, 0.6) is 0 Å². The Morgan fingerprint density at radius 2 is 1.92 bits per heavy atom. The van der Waals surface area contributed by atoms with Crippen LogP contribution in [-0.2, 0) is 4.74 Å². The second-order valence-electron chi connectivity index (χ2n) is 6.22. The fraction of sp³-hybridized carbons (Fsp3) is 0.588. The van der Waals surface area contributed by atoms with Crippen LogP contribution < -0.4 is 11.1 Å². The van der Waals surface area contributed by atoms with Gasteiger partial charge in [0.15, 0.2) is 5.96 Å². The van der Waals surface area contributed by atoms with Crippen molar-refractivity contribution >= 4 is 41.5 Å². The lowest BCUT2D eigenvalue weighted by atomic mass is 10.0. The first-order valence-corrected chi connectivity index (χ1v) is 8.55. The lowest BCUT2D eigenvalue weighted by Crippen LogP contribution is -2.45. The summed E-state index contributed by atoms with van der Waals surface area (Å²) in [5.41, 5.74) is 7.20. The van der Waals surface area contributed by atoms with Gasteiger partial charge in [-0.3, -0.25) is 9.89 Å². The summed E-state index contributed by atoms with van der Waals surface area (Å²) >= 11 is 6.01. The fourth-order valence-corrected chi connectivity index (χ4v) is 2.70. The van der Waals surface area contributed by atoms with Gasteiger partial charge in [-0.1, -0.05) is 37.6 Å². The summed E-state index contributed by atoms with van der Waals surface area (Å²) in [5.74, 6) is 1.01. The highest BCUT2D eigenvalue weighted by Crippen LogP contribution is 2.23. The van der Waals surface area contributed by atoms with Gasteiger partial charge in [0.2, 0.25) is 0 Å². The van der Waals surface area contributed by atoms with E-state index in [0.29, 0.717) is 11.9 Å². The second-order valence-corrected chi connectivity index (χ2v) is 6.65. The number of hydrogen-bond donors (Lipinski definition) is 2. The van der Waals surface area contributed by atoms with Crippen molar-refractivity contribution in [3.05, 3.63) is 34.9 Å². The van der Waals surface area contributed by atoms with Crippen LogP contribution >= 0.6 is 35.6 Å². The Labute approximate surface area is 167 Å². The van der Waals surface area contributed by atoms with Gasteiger partial charge in [0, 0.05) is 31.2 Å². The quantitative estimate of drug-likeness (QED) is 0.384. The highest BCUT2D eigenvalue weighted by atomic mass is 127. The number of morpholine rings is 1. The number of benzene rings is 1. The Kier molecular flexibility index (Phi) is 9.95. The van der Waals surface area contributed by atoms with Gasteiger partial charge in [-0.15, -0.1) is 24.0 Å². The van der Waals surface area contributed by atoms with Crippen molar-refractivity contribution in [1.29, 1.82) is 0 Å². The molecule has 1 aliphatic heterocycles. The molecule has 1 atom stereocenters. The summed E-state index contributed by atoms with van der Waals surface area (Å²) in [5, 5.41) is 4.01. The number of aliphatic imine (C=N–C) groups is 1. The van der Waals surface area contributed by atoms with E-state index in [9.17, 15) is 0 Å². The third-order valence-corrected chi connectivity index (χ3v) is 4.10. The maximum atomic E-state index is 6.01. The van der Waals surface area contributed by atoms with E-state index in [1.165, 1.54) is 5.56 Å². The number of guanidine groups is 1. The Morgan fingerprint density at radius 3 is 2.50 bits per heavy atom. The zero-order chi connectivity index (χ0) is 16.7. The summed E-state index contributed by atoms with van der Waals surface area (Å²) in [6.45, 7) is 9.07. The number of rotatable bonds is 6. The molecule has 136 valence electrons. The standard InChI is InChI=1S/C17H27ClN4O.HI/c1-13(2)11-20-17(19)21-12-16(22-7-9-23-10-8-22)14-3-5-15(18)6-4-14;/h3-6,13,16H,7-12H2,1-2H3,(H3,19,20,21);1H. The van der Waals surface area contributed by atoms with Gasteiger partial charge in [-0.2, -0.15) is 0 Å². The van der Waals surface area contributed by atoms with Crippen LogP contribution in [0, 0.1) is 5.92 Å². The molecule has 24 heavy (non-hydrogen) atoms. The van der Waals surface area contributed by atoms with E-state index in [4.69, 9.17) is 22.1 Å². The number of hydrogen-bond acceptors (Lipinski definition) is 3. The summed E-state index contributed by atoms with van der Waals surface area (Å²) < 4.78 is 5.46. The molecule has 5 nitrogen and oxygen atoms in total. The van der Waals surface area contributed by atoms with Crippen LogP contribution in [0.15, 0.2) is 29.3 Å². The minimum Gasteiger partial charge on any atom is -0.379 e. The van der Waals surface area contributed by atoms with Gasteiger partial charge in [0.1, 0.15) is 0 Å². The van der Waals surface area contributed by atoms with Crippen LogP contribution in [0.25, 0.3) is 0 Å². The van der Waals surface area contributed by atoms with E-state index in [1.807, 2.05) is 12.1 Å². The monoisotopic (exact) mass is 466 g/mol. The van der Waals surface area contributed by atoms with Crippen LogP contribution in [0.1, 0.15) is 25.5 Å². The van der Waals surface area contributed by atoms with Gasteiger partial charge < -0.3 is 15.8 Å². The summed E-state index contributed by atoms with van der Waals surface area (Å²) in [6, 6.07) is 8.24. The van der Waals surface area contributed by atoms with Crippen molar-refractivity contribution in [1.82, 2.24) is 10.2 Å². The molecule has 0 spiro atoms. The molecular formula is C17H28ClIN4O. The number of nitrogens with two attached hydrogens (primary N) is 1. The number of ether oxygens (including phenoxy) is 1. The molecule has 0 aliphatic carbocycles. The maximum absolute atomic E-state index is 6.01. The Bertz CT molecular complexity index is 504. The van der Waals surface area contributed by atoms with Crippen molar-refractivity contribution in [2.45, 2.75) is 19.9 Å². The zero-order valence-corrected chi connectivity index (χ0v) is 17.5. The lowest BCUT2D eigenvalue weighted by molar-refractivity contribution is 0.0170. The Hall–Kier alpha value is -0.570. The number of nitrogens with zero attached hydrogens (tertiary/aromatic N) is 2. The molecule has 0 saturated carbocycles. The van der Waals surface area contributed by atoms with Gasteiger partial charge in [0.25, 0.3) is 0 Å². The average molecular weight is 467 g/mol. The molecule has 0 amide bonds. The summed E-state index contributed by atoms with van der Waals surface area (Å²) in [7, 11) is 0. The molecule has 7 heteroatoms. The van der Waals surface area contributed by atoms with Crippen molar-refractivity contribution < 1.29 is 4.74 Å². The molecular weight excluding hydrogens is 439 g/mol. The topological polar surface area (TPSA) is 62.9 Å². The third-order valence-electron chi connectivity index (χ3n) is 3.84. The van der Waals surface area contributed by atoms with Gasteiger partial charge in [-0.05, 0) is 23.6 Å². The van der Waals surface area contributed by atoms with E-state index in [1.54, 1.807) is 0 Å². The predicted octanol–water partition coefficient (Wildman–Crippen LogP) is 2.89. The van der Waals surface area contributed by atoms with Crippen molar-refractivity contribution in [2.75, 3.05) is 39.4 Å². The van der Waals surface area contributed by atoms with Crippen LogP contribution in [0.4, 0.5) is 0 Å². The fourth-order valence-electron chi connectivity index (χ4n) is 2.57. The number of nitrogens with one attached hydrogen (secondary N) is 1. The molecule has 0 radical (unpaired) electrons. The molecule has 1 unspecified atom stereocenters. The van der Waals surface area contributed by atoms with E-state index < -0.39 is 0 Å². The molecule has 1 aromatic rings. The first-order chi connectivity index (χ1) is 11.1. The SMILES string of the molecule is CC(C)CN=C(N)NCC(c1ccc(Cl)cc1)N1CCOCC1.I. The molecule has 1 heterocycles. The van der Waals surface area contributed by atoms with Gasteiger partial charge >= 0.3 is 0 Å². The largest absolute Gasteiger partial charge is 0.379 e. The van der Waals surface area contributed by atoms with Gasteiger partial charge in [0.05, 0.1) is 19.3 Å². The smallest absolute Gasteiger partial charge is 0.188 e. The lowest BCUT2D eigenvalue weighted by Gasteiger charge is -2.35. The van der Waals surface area contributed by atoms with Gasteiger partial charge in [-0.25, -0.2) is 0 Å². The molecule has 0 bridgehead atoms. The molecule has 0 aromatic heterocycles. The normalized spacial score (nSPS) is 17.4. The first-order valence-electron chi connectivity index (χ1n) is 8.17. The molecule has 1 aromatic carbocycles. The van der Waals surface area contributed by atoms with E-state index in [-0.39, 0.29) is 30.0 Å². The molecule has 1 saturated heterocycles. The van der Waals surface area contributed by atoms with Crippen LogP contribution in [0.2, 0.25) is 5.02 Å². The van der Waals surface area contributed by atoms with E-state index >= 15 is 0 Å². The molecule has 3 N–H and O–H groups in total. The second kappa shape index (κ2) is 11.1. The highest BCUT2D eigenvalue weighted by molar-refractivity contribution is 14.0. The third kappa shape index (κ3) is 7.13. The Balaban J connectivity index is 0.00000288. The summed E-state index contributed by atoms with van der Waals surface area (Å²) in [4.78, 5) is 6.78. The summed E-state index contributed by atoms with van der Waals surface area (Å²) in [6.07, 6.45) is 0. The van der Waals surface area contributed by atoms with Crippen molar-refractivity contribution in [3.63, 3.8) is 0 Å². The van der Waals surface area contributed by atoms with E-state index in [0.717, 1.165) is 44.4 Å². The molecule has 1 aliphatic rings. The Morgan fingerprint density at radius 1 is 1.29 bits per heavy atom. The molecule has 1 fully saturated rings. The van der Waals surface area contributed by atoms with Crippen LogP contribution in [0.3, 0.4) is 0 Å². The molecule has 2 rings (SSSR count). The zero-order valence-electron chi connectivity index (χ0n) is 14.4. The number of halogens is 2. The minimum absolute atomic E-state index is 0. The average Bonchev–Trinajstić information content (AvgIpc) is 2.55. The predicted molar refractivity (Wildman–Crippen MR) is 111 cm³/mol. The van der Waals surface area contributed by atoms with Crippen molar-refractivity contribution in [2.24, 2.45) is 16.6 Å². The van der Waals surface area contributed by atoms with E-state index in [2.05, 4.69) is 41.2 Å².